The third-order valence-electron chi connectivity index (χ3n) is 11.8. The van der Waals surface area contributed by atoms with E-state index in [2.05, 4.69) is 30.6 Å². The Kier molecular flexibility index (Phi) is 7.60. The number of likely N-dealkylation sites (tertiary alicyclic amines) is 1. The number of aromatic hydroxyl groups is 1. The number of anilines is 1. The number of Topliss-reactive ketones (excluding diaryl/α,β-unsaturated/α-hetero) is 1. The number of phenols is 1. The normalized spacial score (nSPS) is 24.9. The van der Waals surface area contributed by atoms with Crippen molar-refractivity contribution in [3.63, 3.8) is 0 Å². The maximum absolute atomic E-state index is 17.2. The number of benzene rings is 2. The number of carbonyl (C=O) groups is 1. The Morgan fingerprint density at radius 3 is 2.47 bits per heavy atom. The van der Waals surface area contributed by atoms with Gasteiger partial charge in [-0.1, -0.05) is 12.0 Å². The van der Waals surface area contributed by atoms with Crippen molar-refractivity contribution in [3.8, 4) is 41.2 Å². The summed E-state index contributed by atoms with van der Waals surface area (Å²) >= 11 is 0. The van der Waals surface area contributed by atoms with Crippen LogP contribution in [0.5, 0.6) is 17.6 Å². The third-order valence-corrected chi connectivity index (χ3v) is 11.8. The number of rotatable bonds is 10. The zero-order valence-corrected chi connectivity index (χ0v) is 28.8. The maximum atomic E-state index is 17.2. The van der Waals surface area contributed by atoms with Gasteiger partial charge in [0.1, 0.15) is 39.8 Å². The molecule has 9 rings (SSSR count). The molecule has 2 saturated carbocycles. The van der Waals surface area contributed by atoms with Crippen LogP contribution in [0.25, 0.3) is 32.9 Å². The Balaban J connectivity index is 1.16. The lowest BCUT2D eigenvalue weighted by molar-refractivity contribution is -0.118. The van der Waals surface area contributed by atoms with Gasteiger partial charge in [-0.15, -0.1) is 6.42 Å². The Morgan fingerprint density at radius 2 is 1.80 bits per heavy atom. The second-order valence-corrected chi connectivity index (χ2v) is 15.4. The summed E-state index contributed by atoms with van der Waals surface area (Å²) in [6, 6.07) is 5.78. The number of terminal acetylenes is 1. The first-order valence-corrected chi connectivity index (χ1v) is 17.9. The van der Waals surface area contributed by atoms with Gasteiger partial charge < -0.3 is 24.4 Å². The van der Waals surface area contributed by atoms with E-state index >= 15 is 8.78 Å². The predicted molar refractivity (Wildman–Crippen MR) is 188 cm³/mol. The quantitative estimate of drug-likeness (QED) is 0.224. The molecule has 0 spiro atoms. The van der Waals surface area contributed by atoms with E-state index in [1.807, 2.05) is 0 Å². The molecule has 5 heterocycles. The lowest BCUT2D eigenvalue weighted by atomic mass is 9.95. The molecule has 2 aromatic carbocycles. The SMILES string of the molecule is C#Cc1c(F)ccc2cc(O)cc(-c3nc(OC)c4c(N5CC6CCC(C5)N6CC(C)=O)nc(OCC5(CN6CC7CC7C6)CC5)nc4c3F)c12. The number of piperazine rings is 1. The Bertz CT molecular complexity index is 2130. The van der Waals surface area contributed by atoms with Crippen molar-refractivity contribution in [2.45, 2.75) is 51.1 Å². The van der Waals surface area contributed by atoms with Crippen LogP contribution in [0.2, 0.25) is 0 Å². The molecule has 12 heteroatoms. The van der Waals surface area contributed by atoms with Crippen LogP contribution in [-0.2, 0) is 4.79 Å². The Morgan fingerprint density at radius 1 is 1.06 bits per heavy atom. The number of aromatic nitrogens is 3. The van der Waals surface area contributed by atoms with Crippen LogP contribution in [0.15, 0.2) is 24.3 Å². The molecule has 5 fully saturated rings. The number of hydrogen-bond donors (Lipinski definition) is 1. The number of ether oxygens (including phenoxy) is 2. The van der Waals surface area contributed by atoms with Crippen LogP contribution < -0.4 is 14.4 Å². The van der Waals surface area contributed by atoms with E-state index in [9.17, 15) is 9.90 Å². The van der Waals surface area contributed by atoms with Gasteiger partial charge in [0.2, 0.25) is 5.88 Å². The summed E-state index contributed by atoms with van der Waals surface area (Å²) in [5.74, 6) is 3.11. The van der Waals surface area contributed by atoms with Crippen LogP contribution in [-0.4, -0.2) is 101 Å². The van der Waals surface area contributed by atoms with Gasteiger partial charge in [-0.25, -0.2) is 13.8 Å². The lowest BCUT2D eigenvalue weighted by Gasteiger charge is -2.41. The van der Waals surface area contributed by atoms with E-state index in [0.717, 1.165) is 57.2 Å². The highest BCUT2D eigenvalue weighted by Crippen LogP contribution is 2.51. The summed E-state index contributed by atoms with van der Waals surface area (Å²) in [5.41, 5.74) is -0.207. The minimum Gasteiger partial charge on any atom is -0.508 e. The van der Waals surface area contributed by atoms with E-state index in [1.54, 1.807) is 6.92 Å². The van der Waals surface area contributed by atoms with E-state index in [4.69, 9.17) is 20.9 Å². The third kappa shape index (κ3) is 5.62. The lowest BCUT2D eigenvalue weighted by Crippen LogP contribution is -2.55. The standard InChI is InChI=1S/C39H40F2N6O4/c1-4-28-30(40)8-5-22-12-27(49)13-29(31(22)28)34-33(41)35-32(37(42-34)50-3)36(46-17-25-6-7-26(18-46)47(25)14-21(2)48)44-38(43-35)51-20-39(9-10-39)19-45-15-23-11-24(23)16-45/h1,5,8,12-13,23-26,49H,6-7,9-11,14-20H2,2-3H3. The topological polar surface area (TPSA) is 104 Å². The maximum Gasteiger partial charge on any atom is 0.319 e. The van der Waals surface area contributed by atoms with Crippen molar-refractivity contribution in [2.75, 3.05) is 57.9 Å². The molecule has 2 bridgehead atoms. The van der Waals surface area contributed by atoms with Gasteiger partial charge in [0.25, 0.3) is 0 Å². The Hall–Kier alpha value is -4.60. The number of carbonyl (C=O) groups excluding carboxylic acids is 1. The van der Waals surface area contributed by atoms with Gasteiger partial charge in [-0.2, -0.15) is 9.97 Å². The van der Waals surface area contributed by atoms with Gasteiger partial charge in [0.15, 0.2) is 5.82 Å². The molecule has 4 aromatic rings. The summed E-state index contributed by atoms with van der Waals surface area (Å²) in [4.78, 5) is 33.3. The van der Waals surface area contributed by atoms with Gasteiger partial charge >= 0.3 is 6.01 Å². The molecule has 264 valence electrons. The second-order valence-electron chi connectivity index (χ2n) is 15.4. The van der Waals surface area contributed by atoms with E-state index in [0.29, 0.717) is 37.4 Å². The minimum atomic E-state index is -0.797. The van der Waals surface area contributed by atoms with Crippen molar-refractivity contribution in [1.82, 2.24) is 24.8 Å². The molecule has 2 aliphatic carbocycles. The smallest absolute Gasteiger partial charge is 0.319 e. The van der Waals surface area contributed by atoms with Crippen LogP contribution in [0, 0.1) is 41.2 Å². The number of methoxy groups -OCH3 is 1. The predicted octanol–water partition coefficient (Wildman–Crippen LogP) is 5.17. The number of pyridine rings is 1. The summed E-state index contributed by atoms with van der Waals surface area (Å²) in [5, 5.41) is 11.6. The summed E-state index contributed by atoms with van der Waals surface area (Å²) < 4.78 is 44.5. The molecule has 1 N–H and O–H groups in total. The first-order valence-electron chi connectivity index (χ1n) is 17.9. The minimum absolute atomic E-state index is 0.0164. The first kappa shape index (κ1) is 32.3. The highest BCUT2D eigenvalue weighted by atomic mass is 19.1. The zero-order valence-electron chi connectivity index (χ0n) is 28.8. The van der Waals surface area contributed by atoms with Gasteiger partial charge in [0.05, 0.1) is 25.8 Å². The second kappa shape index (κ2) is 12.0. The number of ketones is 1. The van der Waals surface area contributed by atoms with Crippen molar-refractivity contribution < 1.29 is 28.2 Å². The summed E-state index contributed by atoms with van der Waals surface area (Å²) in [6.07, 6.45) is 11.1. The molecule has 0 amide bonds. The number of fused-ring (bicyclic) bond motifs is 5. The summed E-state index contributed by atoms with van der Waals surface area (Å²) in [7, 11) is 1.44. The van der Waals surface area contributed by atoms with Crippen LogP contribution >= 0.6 is 0 Å². The fourth-order valence-electron chi connectivity index (χ4n) is 9.00. The summed E-state index contributed by atoms with van der Waals surface area (Å²) in [6.45, 7) is 6.84. The number of phenolic OH excluding ortho intramolecular Hbond substituents is 1. The van der Waals surface area contributed by atoms with Gasteiger partial charge in [-0.05, 0) is 74.4 Å². The molecular weight excluding hydrogens is 654 g/mol. The average Bonchev–Trinajstić information content (AvgIpc) is 4.00. The monoisotopic (exact) mass is 694 g/mol. The van der Waals surface area contributed by atoms with Gasteiger partial charge in [-0.3, -0.25) is 9.69 Å². The molecule has 4 unspecified atom stereocenters. The molecule has 0 radical (unpaired) electrons. The molecule has 51 heavy (non-hydrogen) atoms. The molecule has 2 aromatic heterocycles. The first-order chi connectivity index (χ1) is 24.6. The zero-order chi connectivity index (χ0) is 35.2. The van der Waals surface area contributed by atoms with Gasteiger partial charge in [0, 0.05) is 61.2 Å². The molecule has 5 aliphatic rings. The van der Waals surface area contributed by atoms with Crippen molar-refractivity contribution in [2.24, 2.45) is 17.3 Å². The molecule has 3 aliphatic heterocycles. The average molecular weight is 695 g/mol. The fourth-order valence-corrected chi connectivity index (χ4v) is 9.00. The molecule has 4 atom stereocenters. The van der Waals surface area contributed by atoms with Crippen LogP contribution in [0.1, 0.15) is 44.6 Å². The van der Waals surface area contributed by atoms with Crippen molar-refractivity contribution in [1.29, 1.82) is 0 Å². The van der Waals surface area contributed by atoms with E-state index in [-0.39, 0.29) is 74.0 Å². The largest absolute Gasteiger partial charge is 0.508 e. The highest BCUT2D eigenvalue weighted by molar-refractivity contribution is 6.04. The number of nitrogens with zero attached hydrogens (tertiary/aromatic N) is 6. The van der Waals surface area contributed by atoms with Crippen molar-refractivity contribution in [3.05, 3.63) is 41.5 Å². The van der Waals surface area contributed by atoms with E-state index in [1.165, 1.54) is 37.8 Å². The molecular formula is C39H40F2N6O4. The number of piperidine rings is 1. The number of hydrogen-bond acceptors (Lipinski definition) is 10. The van der Waals surface area contributed by atoms with Crippen LogP contribution in [0.3, 0.4) is 0 Å². The Labute approximate surface area is 294 Å². The highest BCUT2D eigenvalue weighted by Gasteiger charge is 2.51. The van der Waals surface area contributed by atoms with Crippen LogP contribution in [0.4, 0.5) is 14.6 Å². The molecule has 3 saturated heterocycles. The van der Waals surface area contributed by atoms with Crippen molar-refractivity contribution >= 4 is 33.3 Å². The van der Waals surface area contributed by atoms with E-state index < -0.39 is 11.6 Å². The fraction of sp³-hybridized carbons (Fsp3) is 0.487. The molecule has 10 nitrogen and oxygen atoms in total. The number of halogens is 2.